The van der Waals surface area contributed by atoms with Crippen molar-refractivity contribution in [1.29, 1.82) is 0 Å². The van der Waals surface area contributed by atoms with Crippen molar-refractivity contribution in [2.24, 2.45) is 11.8 Å². The first kappa shape index (κ1) is 18.5. The first-order valence-electron chi connectivity index (χ1n) is 9.10. The Bertz CT molecular complexity index is 572. The van der Waals surface area contributed by atoms with Crippen LogP contribution in [-0.4, -0.2) is 70.5 Å². The molecule has 2 bridgehead atoms. The highest BCUT2D eigenvalue weighted by Crippen LogP contribution is 2.66. The van der Waals surface area contributed by atoms with Crippen LogP contribution in [0.1, 0.15) is 32.6 Å². The third-order valence-corrected chi connectivity index (χ3v) is 7.72. The van der Waals surface area contributed by atoms with Crippen LogP contribution in [0.4, 0.5) is 0 Å². The van der Waals surface area contributed by atoms with Gasteiger partial charge in [-0.3, -0.25) is 14.4 Å². The van der Waals surface area contributed by atoms with Gasteiger partial charge in [-0.2, -0.15) is 0 Å². The molecule has 25 heavy (non-hydrogen) atoms. The molecule has 0 saturated carbocycles. The smallest absolute Gasteiger partial charge is 0.244 e. The lowest BCUT2D eigenvalue weighted by Gasteiger charge is -2.34. The quantitative estimate of drug-likeness (QED) is 0.537. The molecule has 2 unspecified atom stereocenters. The number of amides is 3. The fourth-order valence-electron chi connectivity index (χ4n) is 4.75. The number of hydrogen-bond donors (Lipinski definition) is 3. The van der Waals surface area contributed by atoms with E-state index in [1.54, 1.807) is 18.8 Å². The third kappa shape index (κ3) is 2.73. The maximum absolute atomic E-state index is 13.1. The fourth-order valence-corrected chi connectivity index (χ4v) is 6.97. The molecule has 3 aliphatic rings. The molecule has 3 N–H and O–H groups in total. The van der Waals surface area contributed by atoms with Crippen LogP contribution in [0, 0.1) is 11.8 Å². The van der Waals surface area contributed by atoms with Crippen LogP contribution in [-0.2, 0) is 14.4 Å². The van der Waals surface area contributed by atoms with E-state index < -0.39 is 16.7 Å². The Morgan fingerprint density at radius 2 is 2.16 bits per heavy atom. The molecule has 0 aromatic carbocycles. The standard InChI is InChI=1S/C17H27N3O4S/c1-3-4-7-19-15(23)13-17-6-5-10(25-17)11(14(22)18-2)12(17)16(24)20(13)8-9-21/h10-13,21H,3-9H2,1-2H3,(H,18,22)(H,19,23)/t10-,11+,12+,13?,17?/m1/s1. The van der Waals surface area contributed by atoms with Crippen molar-refractivity contribution in [2.45, 2.75) is 48.6 Å². The Morgan fingerprint density at radius 3 is 2.80 bits per heavy atom. The zero-order valence-corrected chi connectivity index (χ0v) is 15.6. The fraction of sp³-hybridized carbons (Fsp3) is 0.824. The number of carbonyl (C=O) groups excluding carboxylic acids is 3. The van der Waals surface area contributed by atoms with E-state index in [1.807, 2.05) is 0 Å². The van der Waals surface area contributed by atoms with Crippen LogP contribution in [0.15, 0.2) is 0 Å². The average molecular weight is 369 g/mol. The van der Waals surface area contributed by atoms with Gasteiger partial charge < -0.3 is 20.6 Å². The number of nitrogens with zero attached hydrogens (tertiary/aromatic N) is 1. The van der Waals surface area contributed by atoms with Crippen molar-refractivity contribution in [3.63, 3.8) is 0 Å². The van der Waals surface area contributed by atoms with E-state index in [4.69, 9.17) is 0 Å². The predicted molar refractivity (Wildman–Crippen MR) is 94.9 cm³/mol. The van der Waals surface area contributed by atoms with Gasteiger partial charge in [0.05, 0.1) is 23.2 Å². The van der Waals surface area contributed by atoms with Gasteiger partial charge in [0.2, 0.25) is 17.7 Å². The van der Waals surface area contributed by atoms with Crippen molar-refractivity contribution < 1.29 is 19.5 Å². The van der Waals surface area contributed by atoms with Crippen molar-refractivity contribution >= 4 is 29.5 Å². The second kappa shape index (κ2) is 7.15. The van der Waals surface area contributed by atoms with E-state index in [0.717, 1.165) is 25.7 Å². The number of fused-ring (bicyclic) bond motifs is 1. The van der Waals surface area contributed by atoms with Crippen LogP contribution >= 0.6 is 11.8 Å². The van der Waals surface area contributed by atoms with Crippen LogP contribution in [0.5, 0.6) is 0 Å². The average Bonchev–Trinajstić information content (AvgIpc) is 3.23. The molecular formula is C17H27N3O4S. The molecule has 3 saturated heterocycles. The van der Waals surface area contributed by atoms with Crippen LogP contribution in [0.2, 0.25) is 0 Å². The highest BCUT2D eigenvalue weighted by molar-refractivity contribution is 8.02. The van der Waals surface area contributed by atoms with Crippen molar-refractivity contribution in [3.8, 4) is 0 Å². The molecule has 0 radical (unpaired) electrons. The summed E-state index contributed by atoms with van der Waals surface area (Å²) in [5, 5.41) is 15.1. The summed E-state index contributed by atoms with van der Waals surface area (Å²) in [6, 6.07) is -0.598. The zero-order valence-electron chi connectivity index (χ0n) is 14.8. The number of aliphatic hydroxyl groups excluding tert-OH is 1. The topological polar surface area (TPSA) is 98.7 Å². The van der Waals surface area contributed by atoms with E-state index in [1.165, 1.54) is 4.90 Å². The summed E-state index contributed by atoms with van der Waals surface area (Å²) in [6.07, 6.45) is 3.48. The first-order valence-corrected chi connectivity index (χ1v) is 9.98. The monoisotopic (exact) mass is 369 g/mol. The van der Waals surface area contributed by atoms with Crippen molar-refractivity contribution in [1.82, 2.24) is 15.5 Å². The summed E-state index contributed by atoms with van der Waals surface area (Å²) >= 11 is 1.64. The van der Waals surface area contributed by atoms with Crippen LogP contribution < -0.4 is 10.6 Å². The molecule has 3 fully saturated rings. The van der Waals surface area contributed by atoms with Gasteiger partial charge in [0.1, 0.15) is 6.04 Å². The first-order chi connectivity index (χ1) is 12.0. The lowest BCUT2D eigenvalue weighted by atomic mass is 9.71. The SMILES string of the molecule is CCCCNC(=O)C1N(CCO)C(=O)[C@@H]2[C@@H](C(=O)NC)[C@H]3CCC12S3. The van der Waals surface area contributed by atoms with Gasteiger partial charge in [0.15, 0.2) is 0 Å². The maximum atomic E-state index is 13.1. The number of unbranched alkanes of at least 4 members (excludes halogenated alkanes) is 1. The Hall–Kier alpha value is -1.28. The number of carbonyl (C=O) groups is 3. The number of hydrogen-bond acceptors (Lipinski definition) is 5. The van der Waals surface area contributed by atoms with Gasteiger partial charge in [-0.15, -0.1) is 11.8 Å². The number of rotatable bonds is 7. The highest BCUT2D eigenvalue weighted by Gasteiger charge is 2.73. The predicted octanol–water partition coefficient (Wildman–Crippen LogP) is -0.268. The number of likely N-dealkylation sites (tertiary alicyclic amines) is 1. The Labute approximate surface area is 152 Å². The summed E-state index contributed by atoms with van der Waals surface area (Å²) < 4.78 is -0.537. The summed E-state index contributed by atoms with van der Waals surface area (Å²) in [4.78, 5) is 39.9. The molecule has 3 amide bonds. The molecule has 3 aliphatic heterocycles. The van der Waals surface area contributed by atoms with E-state index in [0.29, 0.717) is 6.54 Å². The molecular weight excluding hydrogens is 342 g/mol. The minimum Gasteiger partial charge on any atom is -0.395 e. The molecule has 0 aromatic rings. The lowest BCUT2D eigenvalue weighted by Crippen LogP contribution is -2.54. The van der Waals surface area contributed by atoms with Gasteiger partial charge in [-0.05, 0) is 19.3 Å². The second-order valence-electron chi connectivity index (χ2n) is 7.07. The zero-order chi connectivity index (χ0) is 18.2. The molecule has 3 rings (SSSR count). The number of aliphatic hydroxyl groups is 1. The minimum atomic E-state index is -0.598. The molecule has 1 spiro atoms. The second-order valence-corrected chi connectivity index (χ2v) is 8.67. The largest absolute Gasteiger partial charge is 0.395 e. The lowest BCUT2D eigenvalue weighted by molar-refractivity contribution is -0.140. The normalized spacial score (nSPS) is 35.8. The molecule has 5 atom stereocenters. The molecule has 0 aliphatic carbocycles. The number of thioether (sulfide) groups is 1. The minimum absolute atomic E-state index is 0.0936. The molecule has 0 aromatic heterocycles. The Balaban J connectivity index is 1.92. The number of β-amino-alcohol motifs (C(OH)–C–C–N with tert-alkyl or cyclic N) is 1. The summed E-state index contributed by atoms with van der Waals surface area (Å²) in [5.41, 5.74) is 0. The summed E-state index contributed by atoms with van der Waals surface area (Å²) in [6.45, 7) is 2.59. The van der Waals surface area contributed by atoms with Gasteiger partial charge in [-0.1, -0.05) is 13.3 Å². The number of nitrogens with one attached hydrogen (secondary N) is 2. The molecule has 3 heterocycles. The van der Waals surface area contributed by atoms with Gasteiger partial charge in [-0.25, -0.2) is 0 Å². The Kier molecular flexibility index (Phi) is 5.29. The van der Waals surface area contributed by atoms with Crippen molar-refractivity contribution in [3.05, 3.63) is 0 Å². The van der Waals surface area contributed by atoms with E-state index in [9.17, 15) is 19.5 Å². The molecule has 8 heteroatoms. The van der Waals surface area contributed by atoms with Crippen LogP contribution in [0.3, 0.4) is 0 Å². The summed E-state index contributed by atoms with van der Waals surface area (Å²) in [5.74, 6) is -1.28. The molecule has 7 nitrogen and oxygen atoms in total. The van der Waals surface area contributed by atoms with E-state index in [2.05, 4.69) is 17.6 Å². The third-order valence-electron chi connectivity index (χ3n) is 5.77. The van der Waals surface area contributed by atoms with E-state index in [-0.39, 0.29) is 42.0 Å². The van der Waals surface area contributed by atoms with Gasteiger partial charge >= 0.3 is 0 Å². The Morgan fingerprint density at radius 1 is 1.40 bits per heavy atom. The maximum Gasteiger partial charge on any atom is 0.244 e. The van der Waals surface area contributed by atoms with Crippen LogP contribution in [0.25, 0.3) is 0 Å². The molecule has 140 valence electrons. The van der Waals surface area contributed by atoms with E-state index >= 15 is 0 Å². The van der Waals surface area contributed by atoms with Crippen molar-refractivity contribution in [2.75, 3.05) is 26.7 Å². The van der Waals surface area contributed by atoms with Gasteiger partial charge in [0, 0.05) is 25.4 Å². The van der Waals surface area contributed by atoms with Gasteiger partial charge in [0.25, 0.3) is 0 Å². The summed E-state index contributed by atoms with van der Waals surface area (Å²) in [7, 11) is 1.59. The highest BCUT2D eigenvalue weighted by atomic mass is 32.2.